The molecule has 124 valence electrons. The lowest BCUT2D eigenvalue weighted by atomic mass is 10.0. The van der Waals surface area contributed by atoms with Gasteiger partial charge in [-0.1, -0.05) is 0 Å². The van der Waals surface area contributed by atoms with Crippen LogP contribution in [0.4, 0.5) is 0 Å². The molecule has 3 heterocycles. The first-order chi connectivity index (χ1) is 10.8. The van der Waals surface area contributed by atoms with Gasteiger partial charge in [0, 0.05) is 19.9 Å². The summed E-state index contributed by atoms with van der Waals surface area (Å²) in [5.74, 6) is -1.33. The number of nitrogens with one attached hydrogen (secondary N) is 1. The third-order valence-corrected chi connectivity index (χ3v) is 3.70. The molecule has 1 aromatic heterocycles. The fourth-order valence-corrected chi connectivity index (χ4v) is 2.95. The second-order valence-corrected chi connectivity index (χ2v) is 5.32. The number of aromatic nitrogens is 2. The molecule has 1 aromatic rings. The summed E-state index contributed by atoms with van der Waals surface area (Å²) in [4.78, 5) is 48.2. The van der Waals surface area contributed by atoms with Gasteiger partial charge in [0.15, 0.2) is 18.4 Å². The minimum atomic E-state index is -1.40. The Balaban J connectivity index is 2.13. The van der Waals surface area contributed by atoms with Gasteiger partial charge in [0.2, 0.25) is 0 Å². The molecule has 5 atom stereocenters. The number of hydrogen-bond acceptors (Lipinski definition) is 8. The van der Waals surface area contributed by atoms with Crippen LogP contribution in [0, 0.1) is 0 Å². The lowest BCUT2D eigenvalue weighted by Crippen LogP contribution is -2.42. The fraction of sp³-hybridized carbons (Fsp3) is 0.538. The van der Waals surface area contributed by atoms with E-state index in [1.165, 1.54) is 0 Å². The number of aliphatic hydroxyl groups is 1. The molecule has 0 spiro atoms. The Hall–Kier alpha value is -2.46. The number of ether oxygens (including phenoxy) is 3. The number of hydrogen-bond donors (Lipinski definition) is 2. The summed E-state index contributed by atoms with van der Waals surface area (Å²) in [6, 6.07) is 1.05. The molecule has 0 aromatic carbocycles. The van der Waals surface area contributed by atoms with E-state index in [1.54, 1.807) is 0 Å². The number of H-pyrrole nitrogens is 1. The summed E-state index contributed by atoms with van der Waals surface area (Å²) in [7, 11) is 0. The van der Waals surface area contributed by atoms with Gasteiger partial charge in [-0.2, -0.15) is 0 Å². The maximum atomic E-state index is 12.0. The summed E-state index contributed by atoms with van der Waals surface area (Å²) >= 11 is 0. The van der Waals surface area contributed by atoms with Gasteiger partial charge >= 0.3 is 17.6 Å². The molecule has 0 aliphatic carbocycles. The molecule has 1 saturated heterocycles. The second-order valence-electron chi connectivity index (χ2n) is 5.32. The van der Waals surface area contributed by atoms with Crippen LogP contribution >= 0.6 is 0 Å². The Kier molecular flexibility index (Phi) is 3.57. The molecule has 2 N–H and O–H groups in total. The molecule has 23 heavy (non-hydrogen) atoms. The first-order valence-corrected chi connectivity index (χ1v) is 6.83. The van der Waals surface area contributed by atoms with Gasteiger partial charge in [0.1, 0.15) is 12.2 Å². The first-order valence-electron chi connectivity index (χ1n) is 6.83. The average molecular weight is 326 g/mol. The quantitative estimate of drug-likeness (QED) is 0.616. The molecule has 0 radical (unpaired) electrons. The van der Waals surface area contributed by atoms with Gasteiger partial charge < -0.3 is 19.3 Å². The molecule has 2 aliphatic heterocycles. The highest BCUT2D eigenvalue weighted by atomic mass is 16.6. The molecule has 1 fully saturated rings. The summed E-state index contributed by atoms with van der Waals surface area (Å²) in [6.45, 7) is 2.31. The predicted molar refractivity (Wildman–Crippen MR) is 71.3 cm³/mol. The highest BCUT2D eigenvalue weighted by Crippen LogP contribution is 2.43. The number of nitrogens with zero attached hydrogens (tertiary/aromatic N) is 1. The molecule has 0 amide bonds. The van der Waals surface area contributed by atoms with E-state index >= 15 is 0 Å². The third-order valence-electron chi connectivity index (χ3n) is 3.70. The summed E-state index contributed by atoms with van der Waals surface area (Å²) in [6.07, 6.45) is -5.80. The van der Waals surface area contributed by atoms with Crippen molar-refractivity contribution < 1.29 is 28.9 Å². The molecule has 2 aliphatic rings. The SMILES string of the molecule is CC(=O)OC1C(OC(C)=O)[C@H]2O[C@@H]1C(O)c1cc(=O)[nH]c(=O)n12. The van der Waals surface area contributed by atoms with Crippen molar-refractivity contribution in [3.05, 3.63) is 32.6 Å². The van der Waals surface area contributed by atoms with Crippen LogP contribution in [0.3, 0.4) is 0 Å². The lowest BCUT2D eigenvalue weighted by Gasteiger charge is -2.29. The minimum absolute atomic E-state index is 0.00630. The van der Waals surface area contributed by atoms with Crippen LogP contribution in [0.25, 0.3) is 0 Å². The number of rotatable bonds is 2. The molecular weight excluding hydrogens is 312 g/mol. The zero-order valence-electron chi connectivity index (χ0n) is 12.2. The molecule has 10 heteroatoms. The van der Waals surface area contributed by atoms with Crippen LogP contribution in [0.15, 0.2) is 15.7 Å². The van der Waals surface area contributed by atoms with E-state index in [2.05, 4.69) is 0 Å². The molecule has 0 saturated carbocycles. The van der Waals surface area contributed by atoms with Crippen LogP contribution in [-0.4, -0.2) is 44.9 Å². The lowest BCUT2D eigenvalue weighted by molar-refractivity contribution is -0.165. The van der Waals surface area contributed by atoms with E-state index in [0.29, 0.717) is 0 Å². The molecule has 2 bridgehead atoms. The third kappa shape index (κ3) is 2.45. The van der Waals surface area contributed by atoms with Gasteiger partial charge in [-0.05, 0) is 0 Å². The smallest absolute Gasteiger partial charge is 0.330 e. The van der Waals surface area contributed by atoms with E-state index in [0.717, 1.165) is 24.5 Å². The van der Waals surface area contributed by atoms with Crippen molar-refractivity contribution in [2.75, 3.05) is 0 Å². The van der Waals surface area contributed by atoms with E-state index in [1.807, 2.05) is 4.98 Å². The van der Waals surface area contributed by atoms with Crippen molar-refractivity contribution >= 4 is 11.9 Å². The van der Waals surface area contributed by atoms with Gasteiger partial charge in [0.25, 0.3) is 5.56 Å². The second kappa shape index (κ2) is 5.32. The van der Waals surface area contributed by atoms with Gasteiger partial charge in [0.05, 0.1) is 5.69 Å². The van der Waals surface area contributed by atoms with Crippen LogP contribution < -0.4 is 11.2 Å². The van der Waals surface area contributed by atoms with Crippen LogP contribution in [0.1, 0.15) is 31.9 Å². The maximum absolute atomic E-state index is 12.0. The topological polar surface area (TPSA) is 137 Å². The van der Waals surface area contributed by atoms with E-state index < -0.39 is 53.8 Å². The molecule has 3 rings (SSSR count). The van der Waals surface area contributed by atoms with Gasteiger partial charge in [-0.15, -0.1) is 0 Å². The first kappa shape index (κ1) is 15.4. The maximum Gasteiger partial charge on any atom is 0.330 e. The van der Waals surface area contributed by atoms with Crippen LogP contribution in [0.5, 0.6) is 0 Å². The zero-order chi connectivity index (χ0) is 16.9. The number of esters is 2. The normalized spacial score (nSPS) is 31.3. The molecule has 3 unspecified atom stereocenters. The number of carbonyl (C=O) groups is 2. The zero-order valence-corrected chi connectivity index (χ0v) is 12.2. The summed E-state index contributed by atoms with van der Waals surface area (Å²) in [5, 5.41) is 10.4. The van der Waals surface area contributed by atoms with Crippen molar-refractivity contribution in [3.8, 4) is 0 Å². The Morgan fingerprint density at radius 3 is 2.43 bits per heavy atom. The summed E-state index contributed by atoms with van der Waals surface area (Å²) < 4.78 is 16.7. The van der Waals surface area contributed by atoms with Crippen molar-refractivity contribution in [1.82, 2.24) is 9.55 Å². The van der Waals surface area contributed by atoms with Crippen LogP contribution in [-0.2, 0) is 23.8 Å². The average Bonchev–Trinajstić information content (AvgIpc) is 2.71. The van der Waals surface area contributed by atoms with E-state index in [9.17, 15) is 24.3 Å². The van der Waals surface area contributed by atoms with Crippen molar-refractivity contribution in [2.24, 2.45) is 0 Å². The Morgan fingerprint density at radius 1 is 1.22 bits per heavy atom. The number of carbonyl (C=O) groups excluding carboxylic acids is 2. The monoisotopic (exact) mass is 326 g/mol. The van der Waals surface area contributed by atoms with E-state index in [-0.39, 0.29) is 5.69 Å². The largest absolute Gasteiger partial charge is 0.455 e. The van der Waals surface area contributed by atoms with Crippen molar-refractivity contribution in [2.45, 2.75) is 44.5 Å². The number of aromatic amines is 1. The predicted octanol–water partition coefficient (Wildman–Crippen LogP) is -1.66. The molecular formula is C13H14N2O8. The number of aliphatic hydroxyl groups excluding tert-OH is 1. The van der Waals surface area contributed by atoms with Gasteiger partial charge in [-0.3, -0.25) is 23.9 Å². The number of fused-ring (bicyclic) bond motifs is 4. The standard InChI is InChI=1S/C13H14N2O8/c1-4(16)21-10-9-8(19)6-3-7(18)14-13(20)15(6)12(23-9)11(10)22-5(2)17/h3,8-12,19H,1-2H3,(H,14,18,20)/t8?,9-,10?,11?,12-/m1/s1. The Labute approximate surface area is 128 Å². The van der Waals surface area contributed by atoms with Crippen molar-refractivity contribution in [3.63, 3.8) is 0 Å². The van der Waals surface area contributed by atoms with Crippen LogP contribution in [0.2, 0.25) is 0 Å². The Morgan fingerprint density at radius 2 is 1.83 bits per heavy atom. The fourth-order valence-electron chi connectivity index (χ4n) is 2.95. The Bertz CT molecular complexity index is 781. The summed E-state index contributed by atoms with van der Waals surface area (Å²) in [5.41, 5.74) is -1.50. The molecule has 10 nitrogen and oxygen atoms in total. The van der Waals surface area contributed by atoms with Gasteiger partial charge in [-0.25, -0.2) is 4.79 Å². The van der Waals surface area contributed by atoms with Crippen molar-refractivity contribution in [1.29, 1.82) is 0 Å². The highest BCUT2D eigenvalue weighted by molar-refractivity contribution is 5.67. The minimum Gasteiger partial charge on any atom is -0.455 e. The highest BCUT2D eigenvalue weighted by Gasteiger charge is 2.57. The van der Waals surface area contributed by atoms with E-state index in [4.69, 9.17) is 14.2 Å².